The highest BCUT2D eigenvalue weighted by Crippen LogP contribution is 2.18. The van der Waals surface area contributed by atoms with E-state index in [0.29, 0.717) is 12.1 Å². The second-order valence-electron chi connectivity index (χ2n) is 6.11. The Bertz CT molecular complexity index is 578. The second-order valence-corrected chi connectivity index (χ2v) is 6.11. The van der Waals surface area contributed by atoms with Crippen LogP contribution in [0, 0.1) is 0 Å². The Balaban J connectivity index is 1.62. The zero-order valence-corrected chi connectivity index (χ0v) is 12.5. The van der Waals surface area contributed by atoms with E-state index in [1.54, 1.807) is 0 Å². The molecule has 2 nitrogen and oxygen atoms in total. The maximum absolute atomic E-state index is 3.73. The highest BCUT2D eigenvalue weighted by Gasteiger charge is 2.21. The first kappa shape index (κ1) is 13.6. The Kier molecular flexibility index (Phi) is 4.04. The fraction of sp³-hybridized carbons (Fsp3) is 0.444. The maximum atomic E-state index is 3.73. The number of piperidine rings is 1. The maximum Gasteiger partial charge on any atom is 0.0208 e. The van der Waals surface area contributed by atoms with Gasteiger partial charge in [-0.15, -0.1) is 0 Å². The van der Waals surface area contributed by atoms with Crippen LogP contribution in [-0.4, -0.2) is 30.6 Å². The fourth-order valence-corrected chi connectivity index (χ4v) is 3.09. The summed E-state index contributed by atoms with van der Waals surface area (Å²) < 4.78 is 0. The Morgan fingerprint density at radius 2 is 1.95 bits per heavy atom. The highest BCUT2D eigenvalue weighted by atomic mass is 15.1. The average Bonchev–Trinajstić information content (AvgIpc) is 2.48. The van der Waals surface area contributed by atoms with Gasteiger partial charge in [0.25, 0.3) is 0 Å². The van der Waals surface area contributed by atoms with Crippen molar-refractivity contribution in [1.82, 2.24) is 10.2 Å². The summed E-state index contributed by atoms with van der Waals surface area (Å²) in [7, 11) is 2.23. The minimum Gasteiger partial charge on any atom is -0.310 e. The monoisotopic (exact) mass is 268 g/mol. The molecule has 1 aliphatic rings. The van der Waals surface area contributed by atoms with E-state index < -0.39 is 0 Å². The van der Waals surface area contributed by atoms with E-state index in [1.165, 1.54) is 35.7 Å². The Morgan fingerprint density at radius 3 is 2.75 bits per heavy atom. The normalized spacial score (nSPS) is 24.1. The van der Waals surface area contributed by atoms with Gasteiger partial charge < -0.3 is 10.2 Å². The molecule has 0 bridgehead atoms. The average molecular weight is 268 g/mol. The molecule has 20 heavy (non-hydrogen) atoms. The molecular weight excluding hydrogens is 244 g/mol. The topological polar surface area (TPSA) is 15.3 Å². The molecule has 1 fully saturated rings. The van der Waals surface area contributed by atoms with E-state index in [4.69, 9.17) is 0 Å². The molecule has 2 aromatic rings. The third kappa shape index (κ3) is 3.02. The smallest absolute Gasteiger partial charge is 0.0208 e. The number of benzene rings is 2. The molecule has 2 unspecified atom stereocenters. The molecule has 2 heteroatoms. The van der Waals surface area contributed by atoms with Gasteiger partial charge in [0.15, 0.2) is 0 Å². The van der Waals surface area contributed by atoms with Crippen LogP contribution >= 0.6 is 0 Å². The van der Waals surface area contributed by atoms with E-state index in [9.17, 15) is 0 Å². The van der Waals surface area contributed by atoms with Gasteiger partial charge in [-0.3, -0.25) is 0 Å². The molecular formula is C18H24N2. The van der Waals surface area contributed by atoms with Gasteiger partial charge in [-0.2, -0.15) is 0 Å². The molecule has 2 aromatic carbocycles. The van der Waals surface area contributed by atoms with Crippen molar-refractivity contribution in [2.24, 2.45) is 0 Å². The predicted molar refractivity (Wildman–Crippen MR) is 85.9 cm³/mol. The van der Waals surface area contributed by atoms with Crippen LogP contribution in [0.3, 0.4) is 0 Å². The van der Waals surface area contributed by atoms with Crippen LogP contribution in [0.2, 0.25) is 0 Å². The summed E-state index contributed by atoms with van der Waals surface area (Å²) >= 11 is 0. The van der Waals surface area contributed by atoms with Crippen LogP contribution in [0.25, 0.3) is 10.8 Å². The van der Waals surface area contributed by atoms with Gasteiger partial charge in [0.1, 0.15) is 0 Å². The van der Waals surface area contributed by atoms with Crippen LogP contribution in [-0.2, 0) is 6.54 Å². The zero-order chi connectivity index (χ0) is 13.9. The molecule has 1 aliphatic heterocycles. The molecule has 0 radical (unpaired) electrons. The summed E-state index contributed by atoms with van der Waals surface area (Å²) in [6, 6.07) is 16.7. The second kappa shape index (κ2) is 5.94. The summed E-state index contributed by atoms with van der Waals surface area (Å²) in [6.07, 6.45) is 2.51. The van der Waals surface area contributed by atoms with Gasteiger partial charge in [0, 0.05) is 18.6 Å². The first-order valence-electron chi connectivity index (χ1n) is 7.63. The van der Waals surface area contributed by atoms with Crippen molar-refractivity contribution in [2.75, 3.05) is 13.6 Å². The van der Waals surface area contributed by atoms with Gasteiger partial charge >= 0.3 is 0 Å². The van der Waals surface area contributed by atoms with Gasteiger partial charge in [-0.25, -0.2) is 0 Å². The minimum atomic E-state index is 0.660. The molecule has 3 rings (SSSR count). The van der Waals surface area contributed by atoms with Crippen LogP contribution in [0.5, 0.6) is 0 Å². The molecule has 1 N–H and O–H groups in total. The predicted octanol–water partition coefficient (Wildman–Crippen LogP) is 3.41. The fourth-order valence-electron chi connectivity index (χ4n) is 3.09. The molecule has 0 aliphatic carbocycles. The first-order valence-corrected chi connectivity index (χ1v) is 7.63. The van der Waals surface area contributed by atoms with Crippen molar-refractivity contribution in [3.05, 3.63) is 48.0 Å². The van der Waals surface area contributed by atoms with Gasteiger partial charge in [0.05, 0.1) is 0 Å². The standard InChI is InChI=1S/C18H24N2/c1-14-11-18(9-10-20(14)2)19-13-15-7-8-16-5-3-4-6-17(16)12-15/h3-8,12,14,18-19H,9-11,13H2,1-2H3. The number of rotatable bonds is 3. The molecule has 1 heterocycles. The third-order valence-corrected chi connectivity index (χ3v) is 4.62. The van der Waals surface area contributed by atoms with Gasteiger partial charge in [0.2, 0.25) is 0 Å². The van der Waals surface area contributed by atoms with Crippen molar-refractivity contribution in [3.63, 3.8) is 0 Å². The molecule has 0 aromatic heterocycles. The van der Waals surface area contributed by atoms with E-state index in [2.05, 4.69) is 66.7 Å². The summed E-state index contributed by atoms with van der Waals surface area (Å²) in [5.41, 5.74) is 1.38. The number of nitrogens with zero attached hydrogens (tertiary/aromatic N) is 1. The van der Waals surface area contributed by atoms with Crippen LogP contribution in [0.15, 0.2) is 42.5 Å². The lowest BCUT2D eigenvalue weighted by Crippen LogP contribution is -2.45. The zero-order valence-electron chi connectivity index (χ0n) is 12.5. The molecule has 2 atom stereocenters. The lowest BCUT2D eigenvalue weighted by molar-refractivity contribution is 0.168. The third-order valence-electron chi connectivity index (χ3n) is 4.62. The number of hydrogen-bond acceptors (Lipinski definition) is 2. The molecule has 106 valence electrons. The summed E-state index contributed by atoms with van der Waals surface area (Å²) in [6.45, 7) is 4.51. The molecule has 0 saturated carbocycles. The van der Waals surface area contributed by atoms with Gasteiger partial charge in [-0.1, -0.05) is 36.4 Å². The minimum absolute atomic E-state index is 0.660. The van der Waals surface area contributed by atoms with Gasteiger partial charge in [-0.05, 0) is 55.8 Å². The lowest BCUT2D eigenvalue weighted by Gasteiger charge is -2.35. The van der Waals surface area contributed by atoms with Crippen LogP contribution in [0.4, 0.5) is 0 Å². The summed E-state index contributed by atoms with van der Waals surface area (Å²) in [5, 5.41) is 6.39. The van der Waals surface area contributed by atoms with Crippen molar-refractivity contribution < 1.29 is 0 Å². The molecule has 0 spiro atoms. The Labute approximate surface area is 121 Å². The first-order chi connectivity index (χ1) is 9.72. The van der Waals surface area contributed by atoms with Crippen molar-refractivity contribution >= 4 is 10.8 Å². The number of hydrogen-bond donors (Lipinski definition) is 1. The van der Waals surface area contributed by atoms with Crippen LogP contribution in [0.1, 0.15) is 25.3 Å². The van der Waals surface area contributed by atoms with E-state index in [-0.39, 0.29) is 0 Å². The summed E-state index contributed by atoms with van der Waals surface area (Å²) in [5.74, 6) is 0. The van der Waals surface area contributed by atoms with E-state index in [1.807, 2.05) is 0 Å². The lowest BCUT2D eigenvalue weighted by atomic mass is 9.98. The molecule has 0 amide bonds. The van der Waals surface area contributed by atoms with E-state index >= 15 is 0 Å². The Hall–Kier alpha value is -1.38. The Morgan fingerprint density at radius 1 is 1.15 bits per heavy atom. The summed E-state index contributed by atoms with van der Waals surface area (Å²) in [4.78, 5) is 2.45. The number of likely N-dealkylation sites (tertiary alicyclic amines) is 1. The number of nitrogens with one attached hydrogen (secondary N) is 1. The SMILES string of the molecule is CC1CC(NCc2ccc3ccccc3c2)CCN1C. The van der Waals surface area contributed by atoms with Crippen molar-refractivity contribution in [1.29, 1.82) is 0 Å². The largest absolute Gasteiger partial charge is 0.310 e. The molecule has 1 saturated heterocycles. The van der Waals surface area contributed by atoms with Crippen molar-refractivity contribution in [3.8, 4) is 0 Å². The van der Waals surface area contributed by atoms with Crippen LogP contribution < -0.4 is 5.32 Å². The van der Waals surface area contributed by atoms with Crippen molar-refractivity contribution in [2.45, 2.75) is 38.4 Å². The van der Waals surface area contributed by atoms with E-state index in [0.717, 1.165) is 6.54 Å². The number of fused-ring (bicyclic) bond motifs is 1. The quantitative estimate of drug-likeness (QED) is 0.917. The highest BCUT2D eigenvalue weighted by molar-refractivity contribution is 5.82.